The predicted octanol–water partition coefficient (Wildman–Crippen LogP) is 4.63. The number of phenolic OH excluding ortho intramolecular Hbond substituents is 1. The van der Waals surface area contributed by atoms with Crippen LogP contribution < -0.4 is 0 Å². The summed E-state index contributed by atoms with van der Waals surface area (Å²) in [5, 5.41) is 26.6. The quantitative estimate of drug-likeness (QED) is 0.311. The van der Waals surface area contributed by atoms with Crippen molar-refractivity contribution >= 4 is 69.9 Å². The van der Waals surface area contributed by atoms with Gasteiger partial charge in [-0.2, -0.15) is 0 Å². The molecule has 0 aromatic heterocycles. The average molecular weight is 497 g/mol. The molecule has 3 fully saturated rings. The molecule has 0 aliphatic carbocycles. The molecule has 7 nitrogen and oxygen atoms in total. The van der Waals surface area contributed by atoms with Gasteiger partial charge in [0.25, 0.3) is 0 Å². The second-order valence-electron chi connectivity index (χ2n) is 6.05. The average Bonchev–Trinajstić information content (AvgIpc) is 3.41. The van der Waals surface area contributed by atoms with Crippen LogP contribution in [0.25, 0.3) is 0 Å². The highest BCUT2D eigenvalue weighted by Gasteiger charge is 2.55. The summed E-state index contributed by atoms with van der Waals surface area (Å²) >= 11 is 27.9. The highest BCUT2D eigenvalue weighted by Crippen LogP contribution is 2.47. The van der Waals surface area contributed by atoms with Crippen molar-refractivity contribution in [3.8, 4) is 5.75 Å². The van der Waals surface area contributed by atoms with Crippen LogP contribution >= 0.6 is 58.0 Å². The van der Waals surface area contributed by atoms with E-state index in [0.29, 0.717) is 12.8 Å². The van der Waals surface area contributed by atoms with Crippen molar-refractivity contribution in [2.75, 3.05) is 13.2 Å². The number of hydrogen-bond acceptors (Lipinski definition) is 5. The van der Waals surface area contributed by atoms with Crippen LogP contribution in [-0.4, -0.2) is 52.7 Å². The third-order valence-corrected chi connectivity index (χ3v) is 6.49. The van der Waals surface area contributed by atoms with Crippen molar-refractivity contribution in [3.05, 3.63) is 25.1 Å². The largest absolute Gasteiger partial charge is 0.505 e. The van der Waals surface area contributed by atoms with Crippen LogP contribution in [0.2, 0.25) is 25.1 Å². The number of carbonyl (C=O) groups is 2. The predicted molar refractivity (Wildman–Crippen MR) is 104 cm³/mol. The Bertz CT molecular complexity index is 636. The SMILES string of the molecule is C1CO1.O=C(O)C1C2CCC(O2)C1C(=O)O.Oc1c(Cl)c(Cl)c(Cl)c(Cl)c1Cl. The van der Waals surface area contributed by atoms with Gasteiger partial charge in [0.05, 0.1) is 52.3 Å². The molecule has 0 amide bonds. The number of carboxylic acid groups (broad SMARTS) is 2. The Labute approximate surface area is 185 Å². The number of ether oxygens (including phenoxy) is 2. The summed E-state index contributed by atoms with van der Waals surface area (Å²) in [7, 11) is 0. The Hall–Kier alpha value is -0.670. The smallest absolute Gasteiger partial charge is 0.310 e. The lowest BCUT2D eigenvalue weighted by molar-refractivity contribution is -0.154. The monoisotopic (exact) mass is 494 g/mol. The second kappa shape index (κ2) is 9.89. The Kier molecular flexibility index (Phi) is 8.34. The Morgan fingerprint density at radius 3 is 1.36 bits per heavy atom. The van der Waals surface area contributed by atoms with Crippen LogP contribution in [0.5, 0.6) is 5.75 Å². The summed E-state index contributed by atoms with van der Waals surface area (Å²) in [5.41, 5.74) is 0. The van der Waals surface area contributed by atoms with E-state index in [1.807, 2.05) is 0 Å². The normalized spacial score (nSPS) is 26.6. The fourth-order valence-electron chi connectivity index (χ4n) is 2.90. The highest BCUT2D eigenvalue weighted by atomic mass is 35.5. The summed E-state index contributed by atoms with van der Waals surface area (Å²) in [6, 6.07) is 0. The van der Waals surface area contributed by atoms with Gasteiger partial charge in [-0.05, 0) is 12.8 Å². The van der Waals surface area contributed by atoms with E-state index >= 15 is 0 Å². The van der Waals surface area contributed by atoms with Crippen LogP contribution in [-0.2, 0) is 19.1 Å². The second-order valence-corrected chi connectivity index (χ2v) is 7.94. The van der Waals surface area contributed by atoms with E-state index in [9.17, 15) is 14.7 Å². The minimum absolute atomic E-state index is 0.00904. The van der Waals surface area contributed by atoms with Crippen molar-refractivity contribution in [1.29, 1.82) is 0 Å². The number of carboxylic acids is 2. The Balaban J connectivity index is 0.000000174. The minimum Gasteiger partial charge on any atom is -0.505 e. The summed E-state index contributed by atoms with van der Waals surface area (Å²) in [4.78, 5) is 21.5. The van der Waals surface area contributed by atoms with Gasteiger partial charge in [0.15, 0.2) is 5.75 Å². The van der Waals surface area contributed by atoms with E-state index in [1.54, 1.807) is 0 Å². The molecule has 3 aliphatic heterocycles. The van der Waals surface area contributed by atoms with E-state index in [1.165, 1.54) is 0 Å². The van der Waals surface area contributed by atoms with Gasteiger partial charge in [-0.25, -0.2) is 0 Å². The molecule has 1 aromatic carbocycles. The van der Waals surface area contributed by atoms with Crippen LogP contribution in [0.15, 0.2) is 0 Å². The molecule has 0 radical (unpaired) electrons. The van der Waals surface area contributed by atoms with Crippen molar-refractivity contribution in [1.82, 2.24) is 0 Å². The number of fused-ring (bicyclic) bond motifs is 2. The molecule has 3 heterocycles. The lowest BCUT2D eigenvalue weighted by atomic mass is 9.79. The number of rotatable bonds is 2. The molecule has 1 aromatic rings. The van der Waals surface area contributed by atoms with Gasteiger partial charge < -0.3 is 24.8 Å². The summed E-state index contributed by atoms with van der Waals surface area (Å²) in [6.45, 7) is 2.00. The van der Waals surface area contributed by atoms with Gasteiger partial charge >= 0.3 is 11.9 Å². The third kappa shape index (κ3) is 5.27. The molecule has 3 aliphatic rings. The van der Waals surface area contributed by atoms with Gasteiger partial charge in [-0.3, -0.25) is 9.59 Å². The Morgan fingerprint density at radius 1 is 0.750 bits per heavy atom. The molecular weight excluding hydrogens is 481 g/mol. The highest BCUT2D eigenvalue weighted by molar-refractivity contribution is 6.55. The first kappa shape index (κ1) is 23.6. The molecule has 3 saturated heterocycles. The zero-order valence-corrected chi connectivity index (χ0v) is 17.8. The summed E-state index contributed by atoms with van der Waals surface area (Å²) in [5.74, 6) is -4.18. The molecule has 4 unspecified atom stereocenters. The van der Waals surface area contributed by atoms with Gasteiger partial charge in [-0.1, -0.05) is 58.0 Å². The maximum Gasteiger partial charge on any atom is 0.310 e. The van der Waals surface area contributed by atoms with Crippen molar-refractivity contribution < 1.29 is 34.4 Å². The zero-order valence-electron chi connectivity index (χ0n) is 14.0. The minimum atomic E-state index is -1.06. The van der Waals surface area contributed by atoms with Gasteiger partial charge in [0.1, 0.15) is 10.0 Å². The number of benzene rings is 1. The molecule has 3 N–H and O–H groups in total. The molecule has 0 spiro atoms. The van der Waals surface area contributed by atoms with Crippen LogP contribution in [0.4, 0.5) is 0 Å². The molecule has 4 atom stereocenters. The molecule has 156 valence electrons. The molecule has 0 saturated carbocycles. The number of hydrogen-bond donors (Lipinski definition) is 3. The number of phenols is 1. The van der Waals surface area contributed by atoms with E-state index in [-0.39, 0.29) is 43.1 Å². The van der Waals surface area contributed by atoms with Crippen molar-refractivity contribution in [2.24, 2.45) is 11.8 Å². The van der Waals surface area contributed by atoms with Gasteiger partial charge in [0, 0.05) is 0 Å². The van der Waals surface area contributed by atoms with E-state index in [2.05, 4.69) is 4.74 Å². The fraction of sp³-hybridized carbons (Fsp3) is 0.500. The van der Waals surface area contributed by atoms with Gasteiger partial charge in [-0.15, -0.1) is 0 Å². The van der Waals surface area contributed by atoms with Crippen LogP contribution in [0.1, 0.15) is 12.8 Å². The number of epoxide rings is 1. The first-order valence-electron chi connectivity index (χ1n) is 7.97. The third-order valence-electron chi connectivity index (χ3n) is 4.23. The molecule has 4 rings (SSSR count). The number of halogens is 5. The maximum absolute atomic E-state index is 10.8. The van der Waals surface area contributed by atoms with E-state index < -0.39 is 23.8 Å². The van der Waals surface area contributed by atoms with Gasteiger partial charge in [0.2, 0.25) is 0 Å². The first-order chi connectivity index (χ1) is 13.1. The van der Waals surface area contributed by atoms with E-state index in [4.69, 9.17) is 73.0 Å². The van der Waals surface area contributed by atoms with Crippen molar-refractivity contribution in [2.45, 2.75) is 25.0 Å². The topological polar surface area (TPSA) is 117 Å². The lowest BCUT2D eigenvalue weighted by Gasteiger charge is -2.20. The fourth-order valence-corrected chi connectivity index (χ4v) is 4.03. The molecule has 28 heavy (non-hydrogen) atoms. The lowest BCUT2D eigenvalue weighted by Crippen LogP contribution is -2.38. The standard InChI is InChI=1S/C8H10O5.C6HCl5O.C2H4O/c9-7(10)5-3-1-2-4(13-3)6(5)8(11)12;7-1-2(8)4(10)6(12)5(11)3(1)9;1-2-3-1/h3-6H,1-2H2,(H,9,10)(H,11,12);12H;1-2H2. The maximum atomic E-state index is 10.8. The number of aromatic hydroxyl groups is 1. The molecule has 12 heteroatoms. The molecule has 2 bridgehead atoms. The zero-order chi connectivity index (χ0) is 21.2. The van der Waals surface area contributed by atoms with Crippen LogP contribution in [0, 0.1) is 11.8 Å². The van der Waals surface area contributed by atoms with Crippen LogP contribution in [0.3, 0.4) is 0 Å². The van der Waals surface area contributed by atoms with Crippen molar-refractivity contribution in [3.63, 3.8) is 0 Å². The number of aliphatic carboxylic acids is 2. The first-order valence-corrected chi connectivity index (χ1v) is 9.86. The summed E-state index contributed by atoms with van der Waals surface area (Å²) in [6.07, 6.45) is 0.573. The van der Waals surface area contributed by atoms with E-state index in [0.717, 1.165) is 13.2 Å². The Morgan fingerprint density at radius 2 is 1.07 bits per heavy atom. The summed E-state index contributed by atoms with van der Waals surface area (Å²) < 4.78 is 9.76. The molecular formula is C16H15Cl5O7.